The van der Waals surface area contributed by atoms with E-state index in [1.54, 1.807) is 57.6 Å². The van der Waals surface area contributed by atoms with Gasteiger partial charge in [0.1, 0.15) is 100 Å². The molecule has 55 heteroatoms. The molecule has 148 heavy (non-hydrogen) atoms. The number of halogens is 2. The van der Waals surface area contributed by atoms with Crippen LogP contribution in [-0.4, -0.2) is 437 Å². The molecule has 19 heterocycles. The van der Waals surface area contributed by atoms with Crippen molar-refractivity contribution >= 4 is 158 Å². The van der Waals surface area contributed by atoms with Gasteiger partial charge >= 0.3 is 0 Å². The second-order valence-corrected chi connectivity index (χ2v) is 70.4. The lowest BCUT2D eigenvalue weighted by Crippen LogP contribution is -2.46. The highest BCUT2D eigenvalue weighted by Crippen LogP contribution is 2.53. The van der Waals surface area contributed by atoms with Crippen molar-refractivity contribution in [3.05, 3.63) is 135 Å². The summed E-state index contributed by atoms with van der Waals surface area (Å²) in [5.41, 5.74) is -2.31. The molecule has 814 valence electrons. The number of nitrogens with one attached hydrogen (secondary N) is 6. The molecule has 0 aromatic carbocycles. The van der Waals surface area contributed by atoms with Crippen LogP contribution in [0.15, 0.2) is 66.7 Å². The van der Waals surface area contributed by atoms with Crippen molar-refractivity contribution in [3.8, 4) is 0 Å². The summed E-state index contributed by atoms with van der Waals surface area (Å²) in [5.74, 6) is 0.112. The number of aliphatic hydroxyl groups excluding tert-OH is 7. The highest BCUT2D eigenvalue weighted by atomic mass is 35.5. The van der Waals surface area contributed by atoms with Gasteiger partial charge in [0.15, 0.2) is 111 Å². The minimum atomic E-state index is -2.53. The third kappa shape index (κ3) is 25.1. The lowest BCUT2D eigenvalue weighted by molar-refractivity contribution is -0.247. The van der Waals surface area contributed by atoms with E-state index in [1.165, 1.54) is 63.2 Å². The fourth-order valence-corrected chi connectivity index (χ4v) is 24.7. The van der Waals surface area contributed by atoms with Gasteiger partial charge < -0.3 is 114 Å². The SMILES string of the molecule is C=P(C)(C)CC[C@@]1(C)OC(n2cnc3c(=O)[nH]c(C)nc32)[C@H](O)[C@@H]1O.C=P(C)(C)CC[C@@]12CO[C@@H](C(n3cnc4c(=O)[nH]c(C)nc43)O1)[C@@H]2O.C=P(C)(C)CC[C@H]1OC(n2cnc3c(=O)[nH]c(C)nc32)C(O)(O)[C@@H]1O.C=P(C)(C)CC[C@H]1OC(n2cnc3c(=O)[nH]c(C)nc32)[C@H](Cl)[C@@H]1O.C=P(C)(C)CC[C@H]1OC(n2cnc3c(=O)[nH]c(C)nc32)[C@H](F)[C@@H]1O.C=P(C)(C)CC[C@H]1OC(n2cnc3c(=O)[nH]c(C)nc32)[C@](C)(O)[C@@H]1O. The Labute approximate surface area is 855 Å². The molecule has 0 radical (unpaired) electrons. The molecule has 12 aromatic heterocycles. The summed E-state index contributed by atoms with van der Waals surface area (Å²) >= 11 is 6.40. The number of H-pyrrole nitrogens is 6. The van der Waals surface area contributed by atoms with Crippen molar-refractivity contribution in [2.24, 2.45) is 0 Å². The molecule has 47 nitrogen and oxygen atoms in total. The third-order valence-electron chi connectivity index (χ3n) is 26.8. The molecule has 19 rings (SSSR count). The number of aryl methyl sites for hydroxylation is 6. The van der Waals surface area contributed by atoms with E-state index in [0.29, 0.717) is 103 Å². The molecule has 0 amide bonds. The number of aromatic amines is 6. The highest BCUT2D eigenvalue weighted by Gasteiger charge is 2.63. The zero-order valence-corrected chi connectivity index (χ0v) is 92.8. The normalized spacial score (nSPS) is 29.1. The molecule has 7 aliphatic heterocycles. The fourth-order valence-electron chi connectivity index (χ4n) is 18.5. The average Bonchev–Trinajstić information content (AvgIpc) is 1.56. The monoisotopic (exact) mass is 2200 g/mol. The van der Waals surface area contributed by atoms with Crippen LogP contribution >= 0.6 is 52.9 Å². The van der Waals surface area contributed by atoms with Crippen LogP contribution < -0.4 is 33.4 Å². The summed E-state index contributed by atoms with van der Waals surface area (Å²) in [7, 11) is 0. The first-order valence-corrected chi connectivity index (χ1v) is 66.8. The van der Waals surface area contributed by atoms with Crippen LogP contribution in [-0.2, 0) is 33.2 Å². The number of rotatable bonds is 24. The van der Waals surface area contributed by atoms with E-state index in [9.17, 15) is 84.2 Å². The standard InChI is InChI=1S/C16H23N4O4P.2C16H25N4O4P.C15H22ClN4O3P.C15H22FN4O3P.C15H23N4O5P/c1-9-18-13-10(14(22)19-9)17-8-20(13)15-11-12(21)16(24-15,7-23-11)5-6-25(2,3)4;1-9-18-13-10(14(23)19-9)17-8-20(13)15-11(21)12(22)16(2,24-15)6-7-25(3,4)5;1-9-18-13-11(14(22)19-9)17-8-20(13)15-16(2,23)12(21)10(24-15)6-7-25(3,4)5;2*1-8-18-13-11(14(22)19-8)17-7-20(13)15-10(16)12(21)9(23-15)5-6-24(2,3)4;1-8-17-12-10(13(21)18-8)16-7-19(12)14-15(22,23)11(20)9(24-14)5-6-25(2,3)4/h8,11-12,15,21H,2,5-7H2,1,3-4H3,(H,18,19,22);8,11-12,15,21-22H,3,6-7H2,1-2,4-5H3,(H,18,19,23);8,10,12,15,21,23H,3,6-7H2,1-2,4-5H3,(H,18,19,22);2*7,9-10,12,15,21H,2,5-6H2,1,3-4H3,(H,18,19,22);7,9,11,14,20,22-23H,2,5-6H2,1,3-4H3,(H,17,18,21)/t11-,12+,15?,16+;11-,12+,15?,16-;10-,12-,15?,16-;2*9-,10-,12-,15?;9-,11-,14?/m111111/s1. The number of aromatic nitrogens is 24. The van der Waals surface area contributed by atoms with Crippen LogP contribution in [0.25, 0.3) is 67.0 Å². The lowest BCUT2D eigenvalue weighted by atomic mass is 9.95. The Morgan fingerprint density at radius 2 is 0.669 bits per heavy atom. The molecule has 16 N–H and O–H groups in total. The molecule has 0 spiro atoms. The topological polar surface area (TPSA) is 648 Å². The Bertz CT molecular complexity index is 7240. The van der Waals surface area contributed by atoms with E-state index in [-0.39, 0.29) is 78.3 Å². The van der Waals surface area contributed by atoms with E-state index in [4.69, 9.17) is 44.8 Å². The van der Waals surface area contributed by atoms with E-state index in [1.807, 2.05) is 0 Å². The molecule has 7 fully saturated rings. The second kappa shape index (κ2) is 43.4. The minimum absolute atomic E-state index is 0.0627. The van der Waals surface area contributed by atoms with E-state index < -0.39 is 186 Å². The first kappa shape index (κ1) is 115. The molecule has 7 aliphatic rings. The first-order valence-electron chi connectivity index (χ1n) is 48.0. The number of ether oxygens (including phenoxy) is 7. The molecule has 0 saturated carbocycles. The molecule has 2 bridgehead atoms. The number of aliphatic hydroxyl groups is 10. The van der Waals surface area contributed by atoms with Crippen molar-refractivity contribution in [2.45, 2.75) is 239 Å². The second-order valence-electron chi connectivity index (χ2n) is 44.0. The quantitative estimate of drug-likeness (QED) is 0.0233. The van der Waals surface area contributed by atoms with Crippen LogP contribution in [0, 0.1) is 41.5 Å². The fraction of sp³-hybridized carbons (Fsp3) is 0.613. The van der Waals surface area contributed by atoms with Crippen LogP contribution in [0.2, 0.25) is 0 Å². The largest absolute Gasteiger partial charge is 0.389 e. The Hall–Kier alpha value is -8.56. The molecule has 7 saturated heterocycles. The Morgan fingerprint density at radius 3 is 1.04 bits per heavy atom. The van der Waals surface area contributed by atoms with Crippen LogP contribution in [0.5, 0.6) is 0 Å². The van der Waals surface area contributed by atoms with Gasteiger partial charge in [0.2, 0.25) is 5.79 Å². The summed E-state index contributed by atoms with van der Waals surface area (Å²) in [4.78, 5) is 137. The molecule has 23 atom stereocenters. The number of nitrogens with zero attached hydrogens (tertiary/aromatic N) is 18. The maximum Gasteiger partial charge on any atom is 0.279 e. The van der Waals surface area contributed by atoms with Crippen LogP contribution in [0.4, 0.5) is 4.39 Å². The predicted molar refractivity (Wildman–Crippen MR) is 581 cm³/mol. The predicted octanol–water partition coefficient (Wildman–Crippen LogP) is 3.61. The Morgan fingerprint density at radius 1 is 0.372 bits per heavy atom. The summed E-state index contributed by atoms with van der Waals surface area (Å²) in [6.45, 7) is 31.4. The minimum Gasteiger partial charge on any atom is -0.389 e. The average molecular weight is 2200 g/mol. The first-order chi connectivity index (χ1) is 68.6. The van der Waals surface area contributed by atoms with Gasteiger partial charge in [0.05, 0.1) is 74.6 Å². The van der Waals surface area contributed by atoms with Gasteiger partial charge in [-0.2, -0.15) is 0 Å². The van der Waals surface area contributed by atoms with Gasteiger partial charge in [0.25, 0.3) is 33.4 Å². The van der Waals surface area contributed by atoms with Gasteiger partial charge in [-0.15, -0.1) is 90.7 Å². The molecular weight excluding hydrogens is 2060 g/mol. The zero-order chi connectivity index (χ0) is 109. The summed E-state index contributed by atoms with van der Waals surface area (Å²) in [5, 5.41) is 104. The van der Waals surface area contributed by atoms with Gasteiger partial charge in [-0.05, 0) is 211 Å². The Balaban J connectivity index is 0.000000140. The number of imidazole rings is 6. The van der Waals surface area contributed by atoms with Crippen LogP contribution in [0.1, 0.15) is 125 Å². The maximum absolute atomic E-state index is 14.6. The molecular formula is C93H140ClFN24O23P6. The lowest BCUT2D eigenvalue weighted by Gasteiger charge is -2.32. The van der Waals surface area contributed by atoms with Crippen molar-refractivity contribution in [2.75, 3.05) is 124 Å². The summed E-state index contributed by atoms with van der Waals surface area (Å²) in [6.07, 6.45) is 25.0. The third-order valence-corrected chi connectivity index (χ3v) is 36.0. The van der Waals surface area contributed by atoms with Gasteiger partial charge in [-0.25, -0.2) is 64.2 Å². The van der Waals surface area contributed by atoms with E-state index >= 15 is 0 Å². The van der Waals surface area contributed by atoms with Crippen molar-refractivity contribution in [1.82, 2.24) is 117 Å². The molecule has 6 unspecified atom stereocenters. The number of hydrogen-bond acceptors (Lipinski definition) is 35. The van der Waals surface area contributed by atoms with E-state index in [2.05, 4.69) is 207 Å². The van der Waals surface area contributed by atoms with Crippen LogP contribution in [0.3, 0.4) is 0 Å². The summed E-state index contributed by atoms with van der Waals surface area (Å²) in [6, 6.07) is 0. The van der Waals surface area contributed by atoms with Crippen molar-refractivity contribution in [1.29, 1.82) is 0 Å². The van der Waals surface area contributed by atoms with Gasteiger partial charge in [0, 0.05) is 0 Å². The zero-order valence-electron chi connectivity index (χ0n) is 86.7. The maximum atomic E-state index is 14.6. The van der Waals surface area contributed by atoms with Gasteiger partial charge in [-0.3, -0.25) is 56.2 Å². The molecule has 12 aromatic rings. The number of hydrogen-bond donors (Lipinski definition) is 16. The van der Waals surface area contributed by atoms with E-state index in [0.717, 1.165) is 37.0 Å². The smallest absolute Gasteiger partial charge is 0.279 e. The van der Waals surface area contributed by atoms with Crippen molar-refractivity contribution in [3.63, 3.8) is 0 Å². The highest BCUT2D eigenvalue weighted by molar-refractivity contribution is 7.73. The number of fused-ring (bicyclic) bond motifs is 8. The molecule has 0 aliphatic carbocycles. The Kier molecular flexibility index (Phi) is 33.7. The number of alkyl halides is 2. The van der Waals surface area contributed by atoms with Crippen molar-refractivity contribution < 1.29 is 88.6 Å². The van der Waals surface area contributed by atoms with Gasteiger partial charge in [-0.1, -0.05) is 0 Å². The summed E-state index contributed by atoms with van der Waals surface area (Å²) < 4.78 is 65.2.